The van der Waals surface area contributed by atoms with Crippen molar-refractivity contribution < 1.29 is 43.6 Å². The summed E-state index contributed by atoms with van der Waals surface area (Å²) in [4.78, 5) is 53.4. The Morgan fingerprint density at radius 1 is 1.02 bits per heavy atom. The van der Waals surface area contributed by atoms with E-state index < -0.39 is 50.0 Å². The number of nitrogens with one attached hydrogen (secondary N) is 1. The zero-order valence-corrected chi connectivity index (χ0v) is 24.5. The molecule has 230 valence electrons. The number of nitrogens with zero attached hydrogens (tertiary/aromatic N) is 1. The number of aryl methyl sites for hydroxylation is 1. The van der Waals surface area contributed by atoms with Crippen molar-refractivity contribution in [3.05, 3.63) is 81.9 Å². The van der Waals surface area contributed by atoms with E-state index in [9.17, 15) is 34.3 Å². The fourth-order valence-corrected chi connectivity index (χ4v) is 6.40. The number of carbonyl (C=O) groups is 4. The molecule has 3 amide bonds. The van der Waals surface area contributed by atoms with Crippen LogP contribution in [-0.4, -0.2) is 70.6 Å². The van der Waals surface area contributed by atoms with Crippen molar-refractivity contribution in [2.24, 2.45) is 5.73 Å². The first-order chi connectivity index (χ1) is 21.5. The first-order valence-electron chi connectivity index (χ1n) is 14.6. The predicted molar refractivity (Wildman–Crippen MR) is 164 cm³/mol. The molecule has 0 aromatic heterocycles. The summed E-state index contributed by atoms with van der Waals surface area (Å²) in [5.74, 6) is -2.78. The van der Waals surface area contributed by atoms with E-state index in [4.69, 9.17) is 15.0 Å². The highest BCUT2D eigenvalue weighted by Crippen LogP contribution is 2.34. The second-order valence-corrected chi connectivity index (χ2v) is 11.6. The summed E-state index contributed by atoms with van der Waals surface area (Å²) >= 11 is 0. The molecule has 3 aliphatic rings. The lowest BCUT2D eigenvalue weighted by atomic mass is 9.74. The van der Waals surface area contributed by atoms with Crippen LogP contribution < -0.4 is 22.0 Å². The van der Waals surface area contributed by atoms with E-state index in [1.165, 1.54) is 17.0 Å². The van der Waals surface area contributed by atoms with Gasteiger partial charge >= 0.3 is 20.2 Å². The molecule has 0 unspecified atom stereocenters. The Hall–Kier alpha value is -4.49. The van der Waals surface area contributed by atoms with Gasteiger partial charge in [-0.25, -0.2) is 0 Å². The van der Waals surface area contributed by atoms with E-state index in [1.807, 2.05) is 19.1 Å². The van der Waals surface area contributed by atoms with Crippen molar-refractivity contribution in [2.75, 3.05) is 6.54 Å². The smallest absolute Gasteiger partial charge is 0.481 e. The van der Waals surface area contributed by atoms with Crippen LogP contribution in [0.4, 0.5) is 0 Å². The maximum absolute atomic E-state index is 14.4. The van der Waals surface area contributed by atoms with Crippen LogP contribution in [0.2, 0.25) is 0 Å². The molecule has 3 aromatic carbocycles. The topological polar surface area (TPSA) is 189 Å². The predicted octanol–water partition coefficient (Wildman–Crippen LogP) is 0.133. The normalized spacial score (nSPS) is 17.7. The minimum atomic E-state index is -1.28. The van der Waals surface area contributed by atoms with Crippen LogP contribution >= 0.6 is 0 Å². The second kappa shape index (κ2) is 12.1. The molecule has 1 fully saturated rings. The molecule has 3 heterocycles. The van der Waals surface area contributed by atoms with E-state index in [-0.39, 0.29) is 37.3 Å². The van der Waals surface area contributed by atoms with Gasteiger partial charge in [0, 0.05) is 17.7 Å². The molecule has 2 atom stereocenters. The molecule has 0 spiro atoms. The van der Waals surface area contributed by atoms with Gasteiger partial charge in [-0.05, 0) is 82.8 Å². The summed E-state index contributed by atoms with van der Waals surface area (Å²) in [5.41, 5.74) is 10.3. The van der Waals surface area contributed by atoms with Gasteiger partial charge in [0.25, 0.3) is 5.91 Å². The number of hydrogen-bond acceptors (Lipinski definition) is 8. The number of amides is 3. The molecule has 0 saturated carbocycles. The van der Waals surface area contributed by atoms with Gasteiger partial charge in [-0.3, -0.25) is 19.2 Å². The average molecular weight is 611 g/mol. The Bertz CT molecular complexity index is 1730. The fraction of sp³-hybridized carbons (Fsp3) is 0.290. The molecule has 0 radical (unpaired) electrons. The number of carboxylic acid groups (broad SMARTS) is 1. The molecule has 6 N–H and O–H groups in total. The Labute approximate surface area is 259 Å². The van der Waals surface area contributed by atoms with Crippen molar-refractivity contribution in [3.63, 3.8) is 0 Å². The average Bonchev–Trinajstić information content (AvgIpc) is 3.74. The first-order valence-corrected chi connectivity index (χ1v) is 14.6. The number of nitrogens with two attached hydrogens (primary N) is 1. The summed E-state index contributed by atoms with van der Waals surface area (Å²) < 4.78 is 10.8. The fourth-order valence-electron chi connectivity index (χ4n) is 6.40. The maximum Gasteiger partial charge on any atom is 0.491 e. The van der Waals surface area contributed by atoms with Crippen molar-refractivity contribution >= 4 is 48.9 Å². The molecule has 12 nitrogen and oxygen atoms in total. The van der Waals surface area contributed by atoms with Crippen LogP contribution in [0, 0.1) is 6.92 Å². The number of rotatable bonds is 8. The third-order valence-corrected chi connectivity index (χ3v) is 8.64. The molecule has 14 heteroatoms. The van der Waals surface area contributed by atoms with Gasteiger partial charge in [0.15, 0.2) is 0 Å². The highest BCUT2D eigenvalue weighted by atomic mass is 16.5. The van der Waals surface area contributed by atoms with Crippen LogP contribution in [-0.2, 0) is 32.1 Å². The summed E-state index contributed by atoms with van der Waals surface area (Å²) in [6.45, 7) is 2.25. The van der Waals surface area contributed by atoms with Gasteiger partial charge in [-0.15, -0.1) is 0 Å². The molecule has 45 heavy (non-hydrogen) atoms. The number of fused-ring (bicyclic) bond motifs is 2. The Morgan fingerprint density at radius 3 is 2.51 bits per heavy atom. The molecular formula is C31H31B2N3O9. The highest BCUT2D eigenvalue weighted by Gasteiger charge is 2.39. The minimum absolute atomic E-state index is 0.0212. The standard InChI is InChI=1S/C31H31B2N3O9/c1-16-4-2-5-17(8-16)26(13-28(37)38)35-30(40)27-6-3-7-36(27)31(41)22-12-24-19(14-44-32(24)42)10-20(22)21-9-18(29(34)39)11-25-23(21)15-45-33(25)43/h2,4-5,8-12,26-27,42-43H,3,6-7,13-15H2,1H3,(H2,34,39)(H,35,40)(H,37,38)/t26-,27-/m0/s1. The molecule has 3 aromatic rings. The SMILES string of the molecule is Cc1cccc([C@H](CC(=O)O)NC(=O)[C@@H]2CCCN2C(=O)c2cc3c(cc2-c2cc(C(N)=O)cc4c2COB4O)COB3O)c1. The number of aliphatic carboxylic acids is 1. The van der Waals surface area contributed by atoms with Crippen LogP contribution in [0.5, 0.6) is 0 Å². The molecular weight excluding hydrogens is 580 g/mol. The van der Waals surface area contributed by atoms with E-state index in [0.717, 1.165) is 5.56 Å². The van der Waals surface area contributed by atoms with Gasteiger partial charge < -0.3 is 40.4 Å². The summed E-state index contributed by atoms with van der Waals surface area (Å²) in [7, 11) is -2.53. The maximum atomic E-state index is 14.4. The van der Waals surface area contributed by atoms with E-state index in [0.29, 0.717) is 51.6 Å². The van der Waals surface area contributed by atoms with Gasteiger partial charge in [0.1, 0.15) is 6.04 Å². The Kier molecular flexibility index (Phi) is 8.23. The van der Waals surface area contributed by atoms with Gasteiger partial charge in [-0.1, -0.05) is 29.8 Å². The number of carbonyl (C=O) groups excluding carboxylic acids is 3. The van der Waals surface area contributed by atoms with Crippen LogP contribution in [0.25, 0.3) is 11.1 Å². The number of primary amides is 1. The Morgan fingerprint density at radius 2 is 1.78 bits per heavy atom. The molecule has 6 rings (SSSR count). The third kappa shape index (κ3) is 5.85. The third-order valence-electron chi connectivity index (χ3n) is 8.64. The molecule has 1 saturated heterocycles. The van der Waals surface area contributed by atoms with Crippen molar-refractivity contribution in [1.29, 1.82) is 0 Å². The summed E-state index contributed by atoms with van der Waals surface area (Å²) in [6.07, 6.45) is 0.568. The highest BCUT2D eigenvalue weighted by molar-refractivity contribution is 6.62. The van der Waals surface area contributed by atoms with E-state index in [1.54, 1.807) is 24.3 Å². The van der Waals surface area contributed by atoms with Gasteiger partial charge in [0.05, 0.1) is 25.7 Å². The quantitative estimate of drug-likeness (QED) is 0.221. The van der Waals surface area contributed by atoms with Crippen molar-refractivity contribution in [3.8, 4) is 11.1 Å². The monoisotopic (exact) mass is 611 g/mol. The zero-order valence-electron chi connectivity index (χ0n) is 24.5. The van der Waals surface area contributed by atoms with Gasteiger partial charge in [-0.2, -0.15) is 0 Å². The zero-order chi connectivity index (χ0) is 32.0. The molecule has 0 aliphatic carbocycles. The molecule has 3 aliphatic heterocycles. The van der Waals surface area contributed by atoms with E-state index in [2.05, 4.69) is 5.32 Å². The molecule has 0 bridgehead atoms. The lowest BCUT2D eigenvalue weighted by Gasteiger charge is -2.28. The first kappa shape index (κ1) is 30.5. The minimum Gasteiger partial charge on any atom is -0.481 e. The van der Waals surface area contributed by atoms with Crippen LogP contribution in [0.1, 0.15) is 68.3 Å². The second-order valence-electron chi connectivity index (χ2n) is 11.6. The van der Waals surface area contributed by atoms with Crippen molar-refractivity contribution in [2.45, 2.75) is 51.5 Å². The summed E-state index contributed by atoms with van der Waals surface area (Å²) in [6, 6.07) is 11.8. The van der Waals surface area contributed by atoms with Crippen molar-refractivity contribution in [1.82, 2.24) is 10.2 Å². The van der Waals surface area contributed by atoms with Crippen LogP contribution in [0.15, 0.2) is 48.5 Å². The largest absolute Gasteiger partial charge is 0.491 e. The lowest BCUT2D eigenvalue weighted by molar-refractivity contribution is -0.138. The lowest BCUT2D eigenvalue weighted by Crippen LogP contribution is -2.47. The van der Waals surface area contributed by atoms with Crippen LogP contribution in [0.3, 0.4) is 0 Å². The number of likely N-dealkylation sites (tertiary alicyclic amines) is 1. The van der Waals surface area contributed by atoms with Gasteiger partial charge in [0.2, 0.25) is 11.8 Å². The van der Waals surface area contributed by atoms with E-state index >= 15 is 0 Å². The Balaban J connectivity index is 1.38. The number of benzene rings is 3. The summed E-state index contributed by atoms with van der Waals surface area (Å²) in [5, 5.41) is 33.3. The number of hydrogen-bond donors (Lipinski definition) is 5. The number of carboxylic acids is 1.